The van der Waals surface area contributed by atoms with E-state index in [4.69, 9.17) is 9.47 Å². The first-order valence-electron chi connectivity index (χ1n) is 10.6. The molecule has 2 fully saturated rings. The molecule has 0 radical (unpaired) electrons. The smallest absolute Gasteiger partial charge is 0.355 e. The molecule has 1 saturated carbocycles. The number of Topliss-reactive ketones (excluding diaryl/α,β-unsaturated/α-hetero) is 1. The van der Waals surface area contributed by atoms with Gasteiger partial charge >= 0.3 is 5.97 Å². The average Bonchev–Trinajstić information content (AvgIpc) is 3.36. The van der Waals surface area contributed by atoms with Crippen molar-refractivity contribution in [1.82, 2.24) is 9.47 Å². The number of ether oxygens (including phenoxy) is 2. The summed E-state index contributed by atoms with van der Waals surface area (Å²) >= 11 is 0. The molecule has 7 nitrogen and oxygen atoms in total. The van der Waals surface area contributed by atoms with Gasteiger partial charge in [-0.1, -0.05) is 0 Å². The molecule has 2 unspecified atom stereocenters. The predicted octanol–water partition coefficient (Wildman–Crippen LogP) is 2.81. The molecule has 0 aromatic carbocycles. The lowest BCUT2D eigenvalue weighted by molar-refractivity contribution is -0.135. The maximum absolute atomic E-state index is 13.5. The van der Waals surface area contributed by atoms with E-state index in [2.05, 4.69) is 0 Å². The number of carbonyl (C=O) groups excluding carboxylic acids is 3. The number of carbonyl (C=O) groups is 3. The van der Waals surface area contributed by atoms with Crippen LogP contribution in [0.5, 0.6) is 0 Å². The lowest BCUT2D eigenvalue weighted by atomic mass is 9.99. The maximum Gasteiger partial charge on any atom is 0.355 e. The highest BCUT2D eigenvalue weighted by Gasteiger charge is 2.40. The minimum Gasteiger partial charge on any atom is -0.461 e. The van der Waals surface area contributed by atoms with E-state index in [0.29, 0.717) is 35.7 Å². The minimum atomic E-state index is -0.609. The lowest BCUT2D eigenvalue weighted by Crippen LogP contribution is -2.47. The summed E-state index contributed by atoms with van der Waals surface area (Å²) in [5.74, 6) is -0.511. The molecule has 7 heteroatoms. The average molecular weight is 405 g/mol. The minimum absolute atomic E-state index is 0.0130. The van der Waals surface area contributed by atoms with Crippen LogP contribution in [0.3, 0.4) is 0 Å². The van der Waals surface area contributed by atoms with Gasteiger partial charge in [-0.3, -0.25) is 9.59 Å². The molecule has 2 heterocycles. The van der Waals surface area contributed by atoms with Gasteiger partial charge in [0.15, 0.2) is 5.78 Å². The summed E-state index contributed by atoms with van der Waals surface area (Å²) in [5, 5.41) is 0. The highest BCUT2D eigenvalue weighted by Crippen LogP contribution is 2.33. The Morgan fingerprint density at radius 1 is 1.24 bits per heavy atom. The third-order valence-electron chi connectivity index (χ3n) is 6.13. The monoisotopic (exact) mass is 404 g/mol. The van der Waals surface area contributed by atoms with Crippen LogP contribution < -0.4 is 0 Å². The van der Waals surface area contributed by atoms with E-state index >= 15 is 0 Å². The van der Waals surface area contributed by atoms with Crippen molar-refractivity contribution in [3.8, 4) is 0 Å². The molecular formula is C22H32N2O5. The number of aromatic nitrogens is 1. The zero-order chi connectivity index (χ0) is 21.3. The first-order chi connectivity index (χ1) is 13.8. The third kappa shape index (κ3) is 4.25. The summed E-state index contributed by atoms with van der Waals surface area (Å²) in [7, 11) is 1.76. The summed E-state index contributed by atoms with van der Waals surface area (Å²) in [4.78, 5) is 40.5. The number of rotatable bonds is 8. The van der Waals surface area contributed by atoms with E-state index in [9.17, 15) is 14.4 Å². The number of nitrogens with zero attached hydrogens (tertiary/aromatic N) is 2. The maximum atomic E-state index is 13.5. The molecule has 1 aromatic heterocycles. The van der Waals surface area contributed by atoms with Gasteiger partial charge in [-0.15, -0.1) is 0 Å². The van der Waals surface area contributed by atoms with E-state index in [0.717, 1.165) is 25.7 Å². The van der Waals surface area contributed by atoms with E-state index in [1.165, 1.54) is 0 Å². The van der Waals surface area contributed by atoms with Crippen molar-refractivity contribution in [2.45, 2.75) is 65.5 Å². The molecule has 1 aliphatic carbocycles. The van der Waals surface area contributed by atoms with Gasteiger partial charge in [0.05, 0.1) is 18.8 Å². The number of hydrogen-bond acceptors (Lipinski definition) is 5. The standard InChI is InChI=1S/C22H32N2O5/c1-6-28-22(27)19-13(2)18(14(3)23(19)5)20(25)15(4)24(21(26)16-9-10-16)12-17-8-7-11-29-17/h15-17H,6-12H2,1-5H3. The third-order valence-corrected chi connectivity index (χ3v) is 6.13. The van der Waals surface area contributed by atoms with Crippen LogP contribution in [0.25, 0.3) is 0 Å². The molecule has 0 spiro atoms. The van der Waals surface area contributed by atoms with Crippen molar-refractivity contribution in [2.24, 2.45) is 13.0 Å². The summed E-state index contributed by atoms with van der Waals surface area (Å²) in [6.07, 6.45) is 3.65. The Balaban J connectivity index is 1.89. The van der Waals surface area contributed by atoms with E-state index in [1.54, 1.807) is 37.3 Å². The van der Waals surface area contributed by atoms with Gasteiger partial charge in [0.2, 0.25) is 5.91 Å². The highest BCUT2D eigenvalue weighted by molar-refractivity contribution is 6.06. The largest absolute Gasteiger partial charge is 0.461 e. The Labute approximate surface area is 172 Å². The van der Waals surface area contributed by atoms with Crippen LogP contribution >= 0.6 is 0 Å². The Bertz CT molecular complexity index is 803. The zero-order valence-electron chi connectivity index (χ0n) is 18.1. The quantitative estimate of drug-likeness (QED) is 0.492. The van der Waals surface area contributed by atoms with Gasteiger partial charge in [0, 0.05) is 37.4 Å². The fourth-order valence-corrected chi connectivity index (χ4v) is 4.19. The van der Waals surface area contributed by atoms with E-state index in [1.807, 2.05) is 6.92 Å². The van der Waals surface area contributed by atoms with Gasteiger partial charge in [0.1, 0.15) is 5.69 Å². The van der Waals surface area contributed by atoms with Gasteiger partial charge in [-0.2, -0.15) is 0 Å². The molecule has 3 rings (SSSR count). The van der Waals surface area contributed by atoms with Crippen molar-refractivity contribution < 1.29 is 23.9 Å². The summed E-state index contributed by atoms with van der Waals surface area (Å²) in [6.45, 7) is 8.55. The van der Waals surface area contributed by atoms with Crippen LogP contribution in [-0.2, 0) is 21.3 Å². The molecule has 1 aliphatic heterocycles. The van der Waals surface area contributed by atoms with Crippen LogP contribution in [0, 0.1) is 19.8 Å². The van der Waals surface area contributed by atoms with Crippen molar-refractivity contribution in [3.05, 3.63) is 22.5 Å². The van der Waals surface area contributed by atoms with Crippen LogP contribution in [-0.4, -0.2) is 59.0 Å². The number of ketones is 1. The van der Waals surface area contributed by atoms with Crippen molar-refractivity contribution >= 4 is 17.7 Å². The fourth-order valence-electron chi connectivity index (χ4n) is 4.19. The molecule has 1 saturated heterocycles. The second-order valence-corrected chi connectivity index (χ2v) is 8.15. The van der Waals surface area contributed by atoms with Crippen molar-refractivity contribution in [2.75, 3.05) is 19.8 Å². The Morgan fingerprint density at radius 3 is 2.48 bits per heavy atom. The number of esters is 1. The molecule has 2 aliphatic rings. The molecule has 0 bridgehead atoms. The molecule has 1 aromatic rings. The van der Waals surface area contributed by atoms with Crippen LogP contribution in [0.15, 0.2) is 0 Å². The lowest BCUT2D eigenvalue weighted by Gasteiger charge is -2.31. The number of hydrogen-bond donors (Lipinski definition) is 0. The SMILES string of the molecule is CCOC(=O)c1c(C)c(C(=O)C(C)N(CC2CCCO2)C(=O)C2CC2)c(C)n1C. The normalized spacial score (nSPS) is 19.8. The van der Waals surface area contributed by atoms with E-state index in [-0.39, 0.29) is 30.3 Å². The van der Waals surface area contributed by atoms with Gasteiger partial charge in [-0.05, 0) is 58.9 Å². The molecule has 29 heavy (non-hydrogen) atoms. The molecule has 1 amide bonds. The predicted molar refractivity (Wildman–Crippen MR) is 108 cm³/mol. The summed E-state index contributed by atoms with van der Waals surface area (Å²) < 4.78 is 12.6. The fraction of sp³-hybridized carbons (Fsp3) is 0.682. The molecular weight excluding hydrogens is 372 g/mol. The highest BCUT2D eigenvalue weighted by atomic mass is 16.5. The van der Waals surface area contributed by atoms with Gasteiger partial charge in [-0.25, -0.2) is 4.79 Å². The summed E-state index contributed by atoms with van der Waals surface area (Å²) in [6, 6.07) is -0.609. The van der Waals surface area contributed by atoms with Crippen LogP contribution in [0.1, 0.15) is 71.6 Å². The van der Waals surface area contributed by atoms with Crippen molar-refractivity contribution in [3.63, 3.8) is 0 Å². The topological polar surface area (TPSA) is 77.8 Å². The summed E-state index contributed by atoms with van der Waals surface area (Å²) in [5.41, 5.74) is 2.21. The van der Waals surface area contributed by atoms with Gasteiger partial charge < -0.3 is 18.9 Å². The Kier molecular flexibility index (Phi) is 6.46. The first kappa shape index (κ1) is 21.6. The zero-order valence-corrected chi connectivity index (χ0v) is 18.1. The van der Waals surface area contributed by atoms with E-state index < -0.39 is 12.0 Å². The van der Waals surface area contributed by atoms with Crippen LogP contribution in [0.4, 0.5) is 0 Å². The second kappa shape index (κ2) is 8.69. The Morgan fingerprint density at radius 2 is 1.93 bits per heavy atom. The second-order valence-electron chi connectivity index (χ2n) is 8.15. The molecule has 2 atom stereocenters. The molecule has 0 N–H and O–H groups in total. The first-order valence-corrected chi connectivity index (χ1v) is 10.6. The molecule has 160 valence electrons. The van der Waals surface area contributed by atoms with Crippen molar-refractivity contribution in [1.29, 1.82) is 0 Å². The van der Waals surface area contributed by atoms with Crippen LogP contribution in [0.2, 0.25) is 0 Å². The Hall–Kier alpha value is -2.15. The van der Waals surface area contributed by atoms with Gasteiger partial charge in [0.25, 0.3) is 0 Å². The number of amides is 1.